The maximum Gasteiger partial charge on any atom is 0.324 e. The molecule has 0 radical (unpaired) electrons. The highest BCUT2D eigenvalue weighted by Gasteiger charge is 2.50. The van der Waals surface area contributed by atoms with Crippen LogP contribution in [-0.4, -0.2) is 35.0 Å². The SMILES string of the molecule is CC(NS(=O)(=O)c1cnc[nH]1)(C(=O)O)C1CC1. The fourth-order valence-electron chi connectivity index (χ4n) is 1.69. The second-order valence-electron chi connectivity index (χ2n) is 4.30. The molecule has 1 unspecified atom stereocenters. The molecule has 1 aromatic heterocycles. The molecule has 0 aliphatic heterocycles. The van der Waals surface area contributed by atoms with Crippen molar-refractivity contribution in [3.8, 4) is 0 Å². The highest BCUT2D eigenvalue weighted by atomic mass is 32.2. The number of aliphatic carboxylic acids is 1. The van der Waals surface area contributed by atoms with Crippen molar-refractivity contribution in [3.63, 3.8) is 0 Å². The van der Waals surface area contributed by atoms with E-state index < -0.39 is 21.5 Å². The van der Waals surface area contributed by atoms with Gasteiger partial charge in [0.25, 0.3) is 10.0 Å². The molecule has 0 aromatic carbocycles. The monoisotopic (exact) mass is 259 g/mol. The number of sulfonamides is 1. The van der Waals surface area contributed by atoms with Crippen LogP contribution >= 0.6 is 0 Å². The predicted molar refractivity (Wildman–Crippen MR) is 57.7 cm³/mol. The van der Waals surface area contributed by atoms with Crippen molar-refractivity contribution in [1.29, 1.82) is 0 Å². The Bertz CT molecular complexity index is 520. The van der Waals surface area contributed by atoms with E-state index in [1.165, 1.54) is 13.3 Å². The van der Waals surface area contributed by atoms with E-state index in [1.807, 2.05) is 0 Å². The number of imidazole rings is 1. The third kappa shape index (κ3) is 2.18. The third-order valence-electron chi connectivity index (χ3n) is 2.95. The number of nitrogens with zero attached hydrogens (tertiary/aromatic N) is 1. The van der Waals surface area contributed by atoms with Gasteiger partial charge in [-0.2, -0.15) is 4.72 Å². The number of nitrogens with one attached hydrogen (secondary N) is 2. The second kappa shape index (κ2) is 3.81. The Labute approximate surface area is 98.3 Å². The molecule has 1 aliphatic rings. The van der Waals surface area contributed by atoms with Crippen LogP contribution in [0.4, 0.5) is 0 Å². The minimum atomic E-state index is -3.87. The molecule has 1 aliphatic carbocycles. The van der Waals surface area contributed by atoms with E-state index in [9.17, 15) is 13.2 Å². The molecule has 1 heterocycles. The highest BCUT2D eigenvalue weighted by Crippen LogP contribution is 2.40. The quantitative estimate of drug-likeness (QED) is 0.685. The topological polar surface area (TPSA) is 112 Å². The first kappa shape index (κ1) is 12.1. The van der Waals surface area contributed by atoms with Crippen molar-refractivity contribution in [3.05, 3.63) is 12.5 Å². The number of rotatable bonds is 5. The Morgan fingerprint density at radius 3 is 2.71 bits per heavy atom. The Hall–Kier alpha value is -1.41. The molecule has 0 spiro atoms. The van der Waals surface area contributed by atoms with E-state index in [0.717, 1.165) is 6.20 Å². The van der Waals surface area contributed by atoms with Crippen LogP contribution in [-0.2, 0) is 14.8 Å². The second-order valence-corrected chi connectivity index (χ2v) is 5.95. The van der Waals surface area contributed by atoms with Gasteiger partial charge in [-0.1, -0.05) is 0 Å². The van der Waals surface area contributed by atoms with Crippen molar-refractivity contribution in [2.24, 2.45) is 5.92 Å². The third-order valence-corrected chi connectivity index (χ3v) is 4.44. The zero-order valence-corrected chi connectivity index (χ0v) is 9.99. The van der Waals surface area contributed by atoms with Crippen molar-refractivity contribution >= 4 is 16.0 Å². The predicted octanol–water partition coefficient (Wildman–Crippen LogP) is -0.0587. The maximum atomic E-state index is 11.9. The average molecular weight is 259 g/mol. The highest BCUT2D eigenvalue weighted by molar-refractivity contribution is 7.89. The zero-order valence-electron chi connectivity index (χ0n) is 9.17. The summed E-state index contributed by atoms with van der Waals surface area (Å²) in [5.74, 6) is -1.32. The minimum absolute atomic E-state index is 0.134. The fraction of sp³-hybridized carbons (Fsp3) is 0.556. The summed E-state index contributed by atoms with van der Waals surface area (Å²) in [6.07, 6.45) is 3.80. The van der Waals surface area contributed by atoms with Crippen LogP contribution in [0.5, 0.6) is 0 Å². The van der Waals surface area contributed by atoms with Crippen LogP contribution in [0.15, 0.2) is 17.6 Å². The van der Waals surface area contributed by atoms with Crippen LogP contribution in [0.1, 0.15) is 19.8 Å². The smallest absolute Gasteiger partial charge is 0.324 e. The molecular weight excluding hydrogens is 246 g/mol. The lowest BCUT2D eigenvalue weighted by molar-refractivity contribution is -0.144. The molecule has 0 amide bonds. The molecule has 1 saturated carbocycles. The van der Waals surface area contributed by atoms with Crippen LogP contribution < -0.4 is 4.72 Å². The van der Waals surface area contributed by atoms with E-state index >= 15 is 0 Å². The largest absolute Gasteiger partial charge is 0.480 e. The van der Waals surface area contributed by atoms with Crippen LogP contribution in [0.25, 0.3) is 0 Å². The maximum absolute atomic E-state index is 11.9. The van der Waals surface area contributed by atoms with Crippen molar-refractivity contribution in [2.45, 2.75) is 30.3 Å². The summed E-state index contributed by atoms with van der Waals surface area (Å²) >= 11 is 0. The first-order valence-corrected chi connectivity index (χ1v) is 6.60. The lowest BCUT2D eigenvalue weighted by Gasteiger charge is -2.25. The van der Waals surface area contributed by atoms with E-state index in [2.05, 4.69) is 14.7 Å². The van der Waals surface area contributed by atoms with Gasteiger partial charge in [0.2, 0.25) is 0 Å². The number of H-pyrrole nitrogens is 1. The van der Waals surface area contributed by atoms with E-state index in [4.69, 9.17) is 5.11 Å². The summed E-state index contributed by atoms with van der Waals surface area (Å²) in [7, 11) is -3.87. The molecule has 1 aromatic rings. The molecule has 1 fully saturated rings. The average Bonchev–Trinajstić information content (AvgIpc) is 2.93. The van der Waals surface area contributed by atoms with Gasteiger partial charge in [-0.05, 0) is 25.7 Å². The van der Waals surface area contributed by atoms with Crippen molar-refractivity contribution < 1.29 is 18.3 Å². The Morgan fingerprint density at radius 1 is 1.65 bits per heavy atom. The number of hydrogen-bond acceptors (Lipinski definition) is 4. The summed E-state index contributed by atoms with van der Waals surface area (Å²) in [4.78, 5) is 17.2. The number of hydrogen-bond donors (Lipinski definition) is 3. The van der Waals surface area contributed by atoms with Gasteiger partial charge < -0.3 is 10.1 Å². The molecule has 2 rings (SSSR count). The van der Waals surface area contributed by atoms with Crippen LogP contribution in [0.2, 0.25) is 0 Å². The lowest BCUT2D eigenvalue weighted by atomic mass is 9.98. The lowest BCUT2D eigenvalue weighted by Crippen LogP contribution is -2.53. The van der Waals surface area contributed by atoms with E-state index in [1.54, 1.807) is 0 Å². The van der Waals surface area contributed by atoms with E-state index in [0.29, 0.717) is 12.8 Å². The number of aromatic nitrogens is 2. The van der Waals surface area contributed by atoms with Gasteiger partial charge in [0.1, 0.15) is 5.54 Å². The number of carboxylic acids is 1. The Kier molecular flexibility index (Phi) is 2.70. The fourth-order valence-corrected chi connectivity index (χ4v) is 3.02. The van der Waals surface area contributed by atoms with Crippen LogP contribution in [0, 0.1) is 5.92 Å². The van der Waals surface area contributed by atoms with Gasteiger partial charge in [-0.3, -0.25) is 4.79 Å². The summed E-state index contributed by atoms with van der Waals surface area (Å²) in [5.41, 5.74) is -1.45. The number of carboxylic acid groups (broad SMARTS) is 1. The van der Waals surface area contributed by atoms with Gasteiger partial charge in [-0.15, -0.1) is 0 Å². The molecule has 8 heteroatoms. The minimum Gasteiger partial charge on any atom is -0.480 e. The van der Waals surface area contributed by atoms with Gasteiger partial charge in [-0.25, -0.2) is 13.4 Å². The van der Waals surface area contributed by atoms with E-state index in [-0.39, 0.29) is 10.9 Å². The van der Waals surface area contributed by atoms with Crippen molar-refractivity contribution in [1.82, 2.24) is 14.7 Å². The first-order chi connectivity index (χ1) is 7.86. The van der Waals surface area contributed by atoms with Gasteiger partial charge in [0.05, 0.1) is 12.5 Å². The number of carbonyl (C=O) groups is 1. The Balaban J connectivity index is 2.28. The summed E-state index contributed by atoms with van der Waals surface area (Å²) < 4.78 is 26.0. The standard InChI is InChI=1S/C9H13N3O4S/c1-9(8(13)14,6-2-3-6)12-17(15,16)7-4-10-5-11-7/h4-6,12H,2-3H2,1H3,(H,10,11)(H,13,14). The zero-order chi connectivity index (χ0) is 12.7. The Morgan fingerprint density at radius 2 is 2.29 bits per heavy atom. The van der Waals surface area contributed by atoms with Gasteiger partial charge >= 0.3 is 5.97 Å². The molecular formula is C9H13N3O4S. The molecule has 0 bridgehead atoms. The molecule has 3 N–H and O–H groups in total. The molecule has 17 heavy (non-hydrogen) atoms. The van der Waals surface area contributed by atoms with Gasteiger partial charge in [0.15, 0.2) is 5.03 Å². The van der Waals surface area contributed by atoms with Crippen LogP contribution in [0.3, 0.4) is 0 Å². The molecule has 0 saturated heterocycles. The molecule has 1 atom stereocenters. The normalized spacial score (nSPS) is 19.8. The first-order valence-electron chi connectivity index (χ1n) is 5.12. The molecule has 94 valence electrons. The molecule has 7 nitrogen and oxygen atoms in total. The van der Waals surface area contributed by atoms with Gasteiger partial charge in [0, 0.05) is 0 Å². The number of aromatic amines is 1. The summed E-state index contributed by atoms with van der Waals surface area (Å²) in [6.45, 7) is 1.39. The summed E-state index contributed by atoms with van der Waals surface area (Å²) in [6, 6.07) is 0. The summed E-state index contributed by atoms with van der Waals surface area (Å²) in [5, 5.41) is 9.02. The van der Waals surface area contributed by atoms with Crippen molar-refractivity contribution in [2.75, 3.05) is 0 Å².